The maximum Gasteiger partial charge on any atom is 0.313 e. The summed E-state index contributed by atoms with van der Waals surface area (Å²) in [5, 5.41) is 3.31. The van der Waals surface area contributed by atoms with Crippen LogP contribution in [0.15, 0.2) is 36.5 Å². The smallest absolute Gasteiger partial charge is 0.313 e. The van der Waals surface area contributed by atoms with Gasteiger partial charge in [0.25, 0.3) is 5.91 Å². The minimum Gasteiger partial charge on any atom is -0.492 e. The molecular weight excluding hydrogens is 379 g/mol. The Labute approximate surface area is 160 Å². The summed E-state index contributed by atoms with van der Waals surface area (Å²) in [6.07, 6.45) is 0.964. The number of carbonyl (C=O) groups is 2. The lowest BCUT2D eigenvalue weighted by Gasteiger charge is -2.25. The van der Waals surface area contributed by atoms with Crippen LogP contribution in [-0.4, -0.2) is 29.6 Å². The molecule has 0 saturated carbocycles. The van der Waals surface area contributed by atoms with Crippen molar-refractivity contribution in [1.29, 1.82) is 0 Å². The maximum atomic E-state index is 12.4. The fraction of sp³-hybridized carbons (Fsp3) is 0.278. The summed E-state index contributed by atoms with van der Waals surface area (Å²) in [4.78, 5) is 28.4. The van der Waals surface area contributed by atoms with Gasteiger partial charge in [0, 0.05) is 11.2 Å². The summed E-state index contributed by atoms with van der Waals surface area (Å²) in [5.74, 6) is -0.794. The molecule has 0 fully saturated rings. The molecule has 136 valence electrons. The summed E-state index contributed by atoms with van der Waals surface area (Å²) < 4.78 is 10.9. The third-order valence-electron chi connectivity index (χ3n) is 3.94. The topological polar surface area (TPSA) is 77.5 Å². The van der Waals surface area contributed by atoms with Crippen molar-refractivity contribution in [3.63, 3.8) is 0 Å². The van der Waals surface area contributed by atoms with E-state index in [9.17, 15) is 9.59 Å². The third-order valence-corrected chi connectivity index (χ3v) is 4.48. The number of nitrogens with one attached hydrogen (secondary N) is 1. The molecule has 0 aliphatic carbocycles. The highest BCUT2D eigenvalue weighted by molar-refractivity contribution is 6.32. The zero-order valence-corrected chi connectivity index (χ0v) is 15.4. The summed E-state index contributed by atoms with van der Waals surface area (Å²) in [7, 11) is 0. The van der Waals surface area contributed by atoms with Crippen LogP contribution in [0.1, 0.15) is 12.5 Å². The second-order valence-corrected chi connectivity index (χ2v) is 6.67. The number of amides is 1. The van der Waals surface area contributed by atoms with E-state index in [4.69, 9.17) is 32.7 Å². The van der Waals surface area contributed by atoms with Crippen LogP contribution in [0, 0.1) is 5.92 Å². The molecule has 2 heterocycles. The number of anilines is 1. The number of hydrogen-bond donors (Lipinski definition) is 1. The fourth-order valence-electron chi connectivity index (χ4n) is 2.55. The predicted molar refractivity (Wildman–Crippen MR) is 97.6 cm³/mol. The second-order valence-electron chi connectivity index (χ2n) is 5.87. The molecule has 2 atom stereocenters. The van der Waals surface area contributed by atoms with Gasteiger partial charge in [-0.05, 0) is 49.2 Å². The van der Waals surface area contributed by atoms with Gasteiger partial charge in [-0.15, -0.1) is 0 Å². The van der Waals surface area contributed by atoms with E-state index in [0.29, 0.717) is 22.9 Å². The molecule has 0 radical (unpaired) electrons. The Morgan fingerprint density at radius 3 is 2.92 bits per heavy atom. The van der Waals surface area contributed by atoms with Crippen molar-refractivity contribution in [3.05, 3.63) is 52.3 Å². The van der Waals surface area contributed by atoms with Gasteiger partial charge >= 0.3 is 5.97 Å². The van der Waals surface area contributed by atoms with Gasteiger partial charge in [-0.3, -0.25) is 9.59 Å². The molecule has 6 nitrogen and oxygen atoms in total. The van der Waals surface area contributed by atoms with Gasteiger partial charge in [-0.2, -0.15) is 0 Å². The van der Waals surface area contributed by atoms with E-state index in [2.05, 4.69) is 10.3 Å². The highest BCUT2D eigenvalue weighted by Gasteiger charge is 2.30. The average Bonchev–Trinajstić information content (AvgIpc) is 2.62. The van der Waals surface area contributed by atoms with Crippen molar-refractivity contribution in [2.45, 2.75) is 19.4 Å². The zero-order valence-electron chi connectivity index (χ0n) is 13.9. The molecule has 3 rings (SSSR count). The quantitative estimate of drug-likeness (QED) is 0.633. The Balaban J connectivity index is 1.59. The second kappa shape index (κ2) is 7.93. The number of fused-ring (bicyclic) bond motifs is 1. The summed E-state index contributed by atoms with van der Waals surface area (Å²) in [5.41, 5.74) is 1.19. The van der Waals surface area contributed by atoms with Crippen LogP contribution in [0.25, 0.3) is 0 Å². The standard InChI is InChI=1S/C18H16Cl2N2O4/c1-10(17(23)22-14-3-2-6-21-16(14)20)26-18(24)12-7-11-8-13(19)4-5-15(11)25-9-12/h2-6,8,10,12H,7,9H2,1H3,(H,22,23)/t10-,12-/m0/s1. The first-order chi connectivity index (χ1) is 12.4. The van der Waals surface area contributed by atoms with E-state index in [1.807, 2.05) is 0 Å². The van der Waals surface area contributed by atoms with E-state index in [1.54, 1.807) is 30.3 Å². The first kappa shape index (κ1) is 18.5. The Morgan fingerprint density at radius 2 is 2.15 bits per heavy atom. The molecule has 1 aromatic carbocycles. The number of carbonyl (C=O) groups excluding carboxylic acids is 2. The lowest BCUT2D eigenvalue weighted by atomic mass is 9.97. The normalized spacial score (nSPS) is 16.8. The number of benzene rings is 1. The lowest BCUT2D eigenvalue weighted by molar-refractivity contribution is -0.158. The van der Waals surface area contributed by atoms with Crippen LogP contribution in [0.4, 0.5) is 5.69 Å². The van der Waals surface area contributed by atoms with Gasteiger partial charge in [-0.1, -0.05) is 23.2 Å². The van der Waals surface area contributed by atoms with Crippen molar-refractivity contribution in [3.8, 4) is 5.75 Å². The molecule has 0 spiro atoms. The van der Waals surface area contributed by atoms with Crippen molar-refractivity contribution in [2.24, 2.45) is 5.92 Å². The van der Waals surface area contributed by atoms with E-state index in [1.165, 1.54) is 13.1 Å². The molecule has 0 bridgehead atoms. The molecular formula is C18H16Cl2N2O4. The summed E-state index contributed by atoms with van der Waals surface area (Å²) in [6, 6.07) is 8.51. The SMILES string of the molecule is C[C@H](OC(=O)[C@@H]1COc2ccc(Cl)cc2C1)C(=O)Nc1cccnc1Cl. The van der Waals surface area contributed by atoms with Crippen molar-refractivity contribution >= 4 is 40.8 Å². The van der Waals surface area contributed by atoms with Crippen LogP contribution in [-0.2, 0) is 20.7 Å². The van der Waals surface area contributed by atoms with Crippen LogP contribution in [0.3, 0.4) is 0 Å². The van der Waals surface area contributed by atoms with Gasteiger partial charge in [0.15, 0.2) is 11.3 Å². The number of aromatic nitrogens is 1. The van der Waals surface area contributed by atoms with Gasteiger partial charge in [-0.25, -0.2) is 4.98 Å². The van der Waals surface area contributed by atoms with Crippen molar-refractivity contribution in [1.82, 2.24) is 4.98 Å². The van der Waals surface area contributed by atoms with Crippen molar-refractivity contribution < 1.29 is 19.1 Å². The van der Waals surface area contributed by atoms with E-state index >= 15 is 0 Å². The Bertz CT molecular complexity index is 844. The first-order valence-electron chi connectivity index (χ1n) is 7.97. The molecule has 1 N–H and O–H groups in total. The van der Waals surface area contributed by atoms with Gasteiger partial charge in [0.05, 0.1) is 11.6 Å². The molecule has 8 heteroatoms. The predicted octanol–water partition coefficient (Wildman–Crippen LogP) is 3.51. The van der Waals surface area contributed by atoms with Crippen LogP contribution < -0.4 is 10.1 Å². The molecule has 1 aliphatic heterocycles. The Hall–Kier alpha value is -2.31. The third kappa shape index (κ3) is 4.26. The molecule has 1 aromatic heterocycles. The summed E-state index contributed by atoms with van der Waals surface area (Å²) in [6.45, 7) is 1.68. The molecule has 1 amide bonds. The highest BCUT2D eigenvalue weighted by atomic mass is 35.5. The monoisotopic (exact) mass is 394 g/mol. The zero-order chi connectivity index (χ0) is 18.7. The number of hydrogen-bond acceptors (Lipinski definition) is 5. The van der Waals surface area contributed by atoms with Crippen LogP contribution >= 0.6 is 23.2 Å². The largest absolute Gasteiger partial charge is 0.492 e. The first-order valence-corrected chi connectivity index (χ1v) is 8.72. The van der Waals surface area contributed by atoms with Gasteiger partial charge in [0.2, 0.25) is 0 Å². The molecule has 2 aromatic rings. The van der Waals surface area contributed by atoms with Crippen LogP contribution in [0.5, 0.6) is 5.75 Å². The fourth-order valence-corrected chi connectivity index (χ4v) is 2.91. The number of ether oxygens (including phenoxy) is 2. The van der Waals surface area contributed by atoms with E-state index < -0.39 is 23.9 Å². The molecule has 0 unspecified atom stereocenters. The minimum absolute atomic E-state index is 0.161. The van der Waals surface area contributed by atoms with E-state index in [0.717, 1.165) is 5.56 Å². The van der Waals surface area contributed by atoms with Gasteiger partial charge < -0.3 is 14.8 Å². The van der Waals surface area contributed by atoms with Crippen molar-refractivity contribution in [2.75, 3.05) is 11.9 Å². The molecule has 0 saturated heterocycles. The maximum absolute atomic E-state index is 12.4. The lowest BCUT2D eigenvalue weighted by Crippen LogP contribution is -2.36. The Kier molecular flexibility index (Phi) is 5.64. The van der Waals surface area contributed by atoms with Gasteiger partial charge in [0.1, 0.15) is 12.4 Å². The summed E-state index contributed by atoms with van der Waals surface area (Å²) >= 11 is 11.9. The number of nitrogens with zero attached hydrogens (tertiary/aromatic N) is 1. The number of halogens is 2. The number of rotatable bonds is 4. The number of pyridine rings is 1. The molecule has 26 heavy (non-hydrogen) atoms. The van der Waals surface area contributed by atoms with E-state index in [-0.39, 0.29) is 11.8 Å². The highest BCUT2D eigenvalue weighted by Crippen LogP contribution is 2.30. The Morgan fingerprint density at radius 1 is 1.35 bits per heavy atom. The minimum atomic E-state index is -0.987. The number of esters is 1. The average molecular weight is 395 g/mol. The molecule has 1 aliphatic rings. The van der Waals surface area contributed by atoms with Crippen LogP contribution in [0.2, 0.25) is 10.2 Å².